The maximum absolute atomic E-state index is 14.0. The van der Waals surface area contributed by atoms with Gasteiger partial charge in [0.05, 0.1) is 23.0 Å². The predicted molar refractivity (Wildman–Crippen MR) is 74.7 cm³/mol. The number of nitrogens with zero attached hydrogens (tertiary/aromatic N) is 2. The first-order valence-corrected chi connectivity index (χ1v) is 6.90. The fraction of sp³-hybridized carbons (Fsp3) is 0.357. The zero-order chi connectivity index (χ0) is 15.6. The highest BCUT2D eigenvalue weighted by Crippen LogP contribution is 2.31. The van der Waals surface area contributed by atoms with E-state index in [9.17, 15) is 13.2 Å². The van der Waals surface area contributed by atoms with E-state index >= 15 is 0 Å². The van der Waals surface area contributed by atoms with Crippen LogP contribution in [0.5, 0.6) is 0 Å². The van der Waals surface area contributed by atoms with Gasteiger partial charge >= 0.3 is 0 Å². The molecule has 0 fully saturated rings. The van der Waals surface area contributed by atoms with Crippen molar-refractivity contribution in [1.29, 1.82) is 0 Å². The van der Waals surface area contributed by atoms with Gasteiger partial charge in [-0.2, -0.15) is 5.10 Å². The number of benzene rings is 1. The highest BCUT2D eigenvalue weighted by molar-refractivity contribution is 6.31. The highest BCUT2D eigenvalue weighted by atomic mass is 35.5. The molecular weight excluding hydrogens is 303 g/mol. The number of aryl methyl sites for hydroxylation is 1. The fourth-order valence-corrected chi connectivity index (χ4v) is 2.55. The maximum Gasteiger partial charge on any atom is 0.134 e. The predicted octanol–water partition coefficient (Wildman–Crippen LogP) is 3.67. The minimum absolute atomic E-state index is 0.279. The summed E-state index contributed by atoms with van der Waals surface area (Å²) in [5.74, 6) is -2.89. The van der Waals surface area contributed by atoms with Gasteiger partial charge in [-0.1, -0.05) is 18.5 Å². The van der Waals surface area contributed by atoms with Crippen LogP contribution >= 0.6 is 11.6 Å². The number of hydrogen-bond acceptors (Lipinski definition) is 2. The zero-order valence-corrected chi connectivity index (χ0v) is 12.4. The first kappa shape index (κ1) is 15.9. The zero-order valence-electron chi connectivity index (χ0n) is 11.6. The van der Waals surface area contributed by atoms with E-state index in [4.69, 9.17) is 11.6 Å². The monoisotopic (exact) mass is 317 g/mol. The van der Waals surface area contributed by atoms with Crippen molar-refractivity contribution in [3.8, 4) is 0 Å². The molecule has 1 unspecified atom stereocenters. The standard InChI is InChI=1S/C14H15ClF3N3/c1-3-4-21-14(9(15)7-20-21)13(19-2)12-10(17)5-8(16)6-11(12)18/h5-7,13,19H,3-4H2,1-2H3. The van der Waals surface area contributed by atoms with Gasteiger partial charge < -0.3 is 5.32 Å². The summed E-state index contributed by atoms with van der Waals surface area (Å²) in [5, 5.41) is 7.21. The SMILES string of the molecule is CCCn1ncc(Cl)c1C(NC)c1c(F)cc(F)cc1F. The quantitative estimate of drug-likeness (QED) is 0.912. The average Bonchev–Trinajstić information content (AvgIpc) is 2.75. The van der Waals surface area contributed by atoms with Crippen LogP contribution in [0.3, 0.4) is 0 Å². The molecule has 1 N–H and O–H groups in total. The summed E-state index contributed by atoms with van der Waals surface area (Å²) in [6.45, 7) is 2.51. The topological polar surface area (TPSA) is 29.9 Å². The van der Waals surface area contributed by atoms with Crippen LogP contribution in [0.25, 0.3) is 0 Å². The summed E-state index contributed by atoms with van der Waals surface area (Å²) in [7, 11) is 1.55. The second-order valence-electron chi connectivity index (χ2n) is 4.61. The van der Waals surface area contributed by atoms with Crippen molar-refractivity contribution in [2.24, 2.45) is 0 Å². The van der Waals surface area contributed by atoms with E-state index in [0.717, 1.165) is 6.42 Å². The summed E-state index contributed by atoms with van der Waals surface area (Å²) in [6, 6.07) is 0.445. The molecule has 0 aliphatic heterocycles. The van der Waals surface area contributed by atoms with Crippen LogP contribution in [0.4, 0.5) is 13.2 Å². The number of rotatable bonds is 5. The van der Waals surface area contributed by atoms with Gasteiger partial charge in [0.25, 0.3) is 0 Å². The molecule has 2 rings (SSSR count). The smallest absolute Gasteiger partial charge is 0.134 e. The Morgan fingerprint density at radius 2 is 1.90 bits per heavy atom. The summed E-state index contributed by atoms with van der Waals surface area (Å²) in [5.41, 5.74) is 0.170. The Bertz CT molecular complexity index is 619. The van der Waals surface area contributed by atoms with Crippen molar-refractivity contribution >= 4 is 11.6 Å². The fourth-order valence-electron chi connectivity index (χ4n) is 2.30. The van der Waals surface area contributed by atoms with Gasteiger partial charge in [0.2, 0.25) is 0 Å². The lowest BCUT2D eigenvalue weighted by Crippen LogP contribution is -2.24. The molecule has 2 aromatic rings. The first-order chi connectivity index (χ1) is 9.99. The van der Waals surface area contributed by atoms with Crippen LogP contribution < -0.4 is 5.32 Å². The molecule has 0 bridgehead atoms. The summed E-state index contributed by atoms with van der Waals surface area (Å²) in [6.07, 6.45) is 2.21. The van der Waals surface area contributed by atoms with Gasteiger partial charge in [0.1, 0.15) is 17.5 Å². The Hall–Kier alpha value is -1.53. The van der Waals surface area contributed by atoms with Gasteiger partial charge in [-0.3, -0.25) is 4.68 Å². The third-order valence-corrected chi connectivity index (χ3v) is 3.45. The van der Waals surface area contributed by atoms with E-state index < -0.39 is 23.5 Å². The summed E-state index contributed by atoms with van der Waals surface area (Å²) >= 11 is 6.10. The molecule has 0 aliphatic carbocycles. The molecule has 1 heterocycles. The van der Waals surface area contributed by atoms with Gasteiger partial charge in [-0.15, -0.1) is 0 Å². The van der Waals surface area contributed by atoms with E-state index in [2.05, 4.69) is 10.4 Å². The van der Waals surface area contributed by atoms with Crippen molar-refractivity contribution in [2.45, 2.75) is 25.9 Å². The molecule has 0 amide bonds. The minimum atomic E-state index is -0.966. The van der Waals surface area contributed by atoms with Crippen LogP contribution in [0.2, 0.25) is 5.02 Å². The molecule has 0 saturated heterocycles. The van der Waals surface area contributed by atoms with E-state index in [1.165, 1.54) is 6.20 Å². The molecule has 114 valence electrons. The van der Waals surface area contributed by atoms with Crippen molar-refractivity contribution in [3.63, 3.8) is 0 Å². The third-order valence-electron chi connectivity index (χ3n) is 3.16. The number of hydrogen-bond donors (Lipinski definition) is 1. The Kier molecular flexibility index (Phi) is 4.90. The van der Waals surface area contributed by atoms with Gasteiger partial charge in [-0.05, 0) is 13.5 Å². The largest absolute Gasteiger partial charge is 0.308 e. The molecule has 3 nitrogen and oxygen atoms in total. The molecule has 1 atom stereocenters. The normalized spacial score (nSPS) is 12.7. The van der Waals surface area contributed by atoms with Crippen LogP contribution in [0, 0.1) is 17.5 Å². The van der Waals surface area contributed by atoms with Crippen LogP contribution in [-0.4, -0.2) is 16.8 Å². The van der Waals surface area contributed by atoms with E-state index in [1.54, 1.807) is 11.7 Å². The van der Waals surface area contributed by atoms with E-state index in [1.807, 2.05) is 6.92 Å². The van der Waals surface area contributed by atoms with Crippen molar-refractivity contribution in [3.05, 3.63) is 52.1 Å². The summed E-state index contributed by atoms with van der Waals surface area (Å²) in [4.78, 5) is 0. The van der Waals surface area contributed by atoms with Crippen LogP contribution in [0.1, 0.15) is 30.6 Å². The van der Waals surface area contributed by atoms with Crippen molar-refractivity contribution in [1.82, 2.24) is 15.1 Å². The average molecular weight is 318 g/mol. The number of halogens is 4. The second kappa shape index (κ2) is 6.49. The van der Waals surface area contributed by atoms with Gasteiger partial charge in [0, 0.05) is 24.2 Å². The molecule has 0 radical (unpaired) electrons. The van der Waals surface area contributed by atoms with Crippen LogP contribution in [0.15, 0.2) is 18.3 Å². The molecular formula is C14H15ClF3N3. The molecule has 7 heteroatoms. The molecule has 21 heavy (non-hydrogen) atoms. The second-order valence-corrected chi connectivity index (χ2v) is 5.01. The van der Waals surface area contributed by atoms with Crippen molar-refractivity contribution < 1.29 is 13.2 Å². The molecule has 1 aromatic heterocycles. The Morgan fingerprint density at radius 1 is 1.29 bits per heavy atom. The molecule has 0 aliphatic rings. The molecule has 1 aromatic carbocycles. The summed E-state index contributed by atoms with van der Waals surface area (Å²) < 4.78 is 42.6. The maximum atomic E-state index is 14.0. The third kappa shape index (κ3) is 3.06. The lowest BCUT2D eigenvalue weighted by molar-refractivity contribution is 0.477. The molecule has 0 spiro atoms. The minimum Gasteiger partial charge on any atom is -0.308 e. The Balaban J connectivity index is 2.58. The van der Waals surface area contributed by atoms with E-state index in [-0.39, 0.29) is 5.56 Å². The number of aromatic nitrogens is 2. The first-order valence-electron chi connectivity index (χ1n) is 6.52. The van der Waals surface area contributed by atoms with Gasteiger partial charge in [0.15, 0.2) is 0 Å². The molecule has 0 saturated carbocycles. The Morgan fingerprint density at radius 3 is 2.43 bits per heavy atom. The van der Waals surface area contributed by atoms with E-state index in [0.29, 0.717) is 29.4 Å². The van der Waals surface area contributed by atoms with Gasteiger partial charge in [-0.25, -0.2) is 13.2 Å². The lowest BCUT2D eigenvalue weighted by atomic mass is 10.0. The highest BCUT2D eigenvalue weighted by Gasteiger charge is 2.27. The van der Waals surface area contributed by atoms with Crippen molar-refractivity contribution in [2.75, 3.05) is 7.05 Å². The lowest BCUT2D eigenvalue weighted by Gasteiger charge is -2.20. The Labute approximate surface area is 125 Å². The number of nitrogens with one attached hydrogen (secondary N) is 1. The van der Waals surface area contributed by atoms with Crippen LogP contribution in [-0.2, 0) is 6.54 Å².